The molecule has 1 fully saturated rings. The Morgan fingerprint density at radius 3 is 2.80 bits per heavy atom. The van der Waals surface area contributed by atoms with Gasteiger partial charge >= 0.3 is 0 Å². The highest BCUT2D eigenvalue weighted by Crippen LogP contribution is 2.40. The first-order chi connectivity index (χ1) is 7.05. The average molecular weight is 204 g/mol. The number of fused-ring (bicyclic) bond motifs is 4. The van der Waals surface area contributed by atoms with Crippen LogP contribution in [0.1, 0.15) is 38.8 Å². The Morgan fingerprint density at radius 1 is 1.27 bits per heavy atom. The van der Waals surface area contributed by atoms with Gasteiger partial charge in [0, 0.05) is 42.5 Å². The summed E-state index contributed by atoms with van der Waals surface area (Å²) in [5.74, 6) is 0.776. The van der Waals surface area contributed by atoms with Crippen LogP contribution in [0.25, 0.3) is 0 Å². The lowest BCUT2D eigenvalue weighted by atomic mass is 9.98. The number of likely N-dealkylation sites (tertiary alicyclic amines) is 1. The Hall–Kier alpha value is -0.760. The highest BCUT2D eigenvalue weighted by molar-refractivity contribution is 5.20. The summed E-state index contributed by atoms with van der Waals surface area (Å²) in [7, 11) is 0. The molecular weight excluding hydrogens is 184 g/mol. The molecule has 1 aromatic rings. The molecule has 1 aromatic heterocycles. The first-order valence-electron chi connectivity index (χ1n) is 5.97. The molecule has 0 saturated carbocycles. The molecule has 2 atom stereocenters. The number of hydrogen-bond donors (Lipinski definition) is 0. The second-order valence-corrected chi connectivity index (χ2v) is 6.00. The molecule has 0 aliphatic carbocycles. The van der Waals surface area contributed by atoms with E-state index in [1.807, 2.05) is 0 Å². The van der Waals surface area contributed by atoms with Crippen LogP contribution in [0.5, 0.6) is 0 Å². The van der Waals surface area contributed by atoms with Crippen LogP contribution in [0.15, 0.2) is 18.3 Å². The molecule has 15 heavy (non-hydrogen) atoms. The third-order valence-corrected chi connectivity index (χ3v) is 3.97. The smallest absolute Gasteiger partial charge is 0.0379 e. The van der Waals surface area contributed by atoms with E-state index in [1.165, 1.54) is 19.5 Å². The largest absolute Gasteiger partial charge is 0.350 e. The van der Waals surface area contributed by atoms with Crippen molar-refractivity contribution in [1.29, 1.82) is 0 Å². The molecule has 0 spiro atoms. The maximum absolute atomic E-state index is 2.69. The summed E-state index contributed by atoms with van der Waals surface area (Å²) in [6, 6.07) is 5.25. The van der Waals surface area contributed by atoms with Crippen molar-refractivity contribution in [2.75, 3.05) is 6.54 Å². The van der Waals surface area contributed by atoms with E-state index < -0.39 is 0 Å². The van der Waals surface area contributed by atoms with E-state index in [2.05, 4.69) is 48.6 Å². The van der Waals surface area contributed by atoms with Crippen molar-refractivity contribution in [1.82, 2.24) is 9.47 Å². The average Bonchev–Trinajstić information content (AvgIpc) is 2.70. The third kappa shape index (κ3) is 1.35. The van der Waals surface area contributed by atoms with Gasteiger partial charge < -0.3 is 4.57 Å². The van der Waals surface area contributed by atoms with Crippen molar-refractivity contribution in [3.63, 3.8) is 0 Å². The van der Waals surface area contributed by atoms with Gasteiger partial charge in [0.05, 0.1) is 0 Å². The molecule has 3 rings (SSSR count). The molecule has 3 heterocycles. The van der Waals surface area contributed by atoms with Crippen molar-refractivity contribution in [3.8, 4) is 0 Å². The highest BCUT2D eigenvalue weighted by Gasteiger charge is 2.42. The van der Waals surface area contributed by atoms with Crippen LogP contribution in [0.2, 0.25) is 0 Å². The summed E-state index contributed by atoms with van der Waals surface area (Å²) in [5.41, 5.74) is 1.88. The van der Waals surface area contributed by atoms with E-state index in [1.54, 1.807) is 5.69 Å². The van der Waals surface area contributed by atoms with Gasteiger partial charge in [-0.05, 0) is 39.3 Å². The van der Waals surface area contributed by atoms with Crippen molar-refractivity contribution < 1.29 is 0 Å². The van der Waals surface area contributed by atoms with Crippen LogP contribution in [0, 0.1) is 0 Å². The van der Waals surface area contributed by atoms with Crippen LogP contribution in [-0.2, 0) is 6.54 Å². The van der Waals surface area contributed by atoms with Gasteiger partial charge in [0.1, 0.15) is 0 Å². The zero-order valence-corrected chi connectivity index (χ0v) is 9.90. The quantitative estimate of drug-likeness (QED) is 0.630. The van der Waals surface area contributed by atoms with E-state index in [4.69, 9.17) is 0 Å². The van der Waals surface area contributed by atoms with E-state index >= 15 is 0 Å². The molecule has 0 N–H and O–H groups in total. The minimum atomic E-state index is 0.323. The summed E-state index contributed by atoms with van der Waals surface area (Å²) < 4.78 is 2.45. The highest BCUT2D eigenvalue weighted by atomic mass is 15.3. The normalized spacial score (nSPS) is 30.6. The lowest BCUT2D eigenvalue weighted by molar-refractivity contribution is 0.114. The van der Waals surface area contributed by atoms with Gasteiger partial charge in [0.2, 0.25) is 0 Å². The Balaban J connectivity index is 1.93. The number of rotatable bonds is 0. The van der Waals surface area contributed by atoms with E-state index in [0.717, 1.165) is 12.0 Å². The van der Waals surface area contributed by atoms with Crippen LogP contribution >= 0.6 is 0 Å². The Bertz CT molecular complexity index is 372. The molecule has 0 aromatic carbocycles. The molecule has 82 valence electrons. The van der Waals surface area contributed by atoms with Gasteiger partial charge in [-0.3, -0.25) is 4.90 Å². The van der Waals surface area contributed by atoms with Crippen molar-refractivity contribution in [2.45, 2.75) is 51.2 Å². The third-order valence-electron chi connectivity index (χ3n) is 3.97. The summed E-state index contributed by atoms with van der Waals surface area (Å²) in [6.07, 6.45) is 3.60. The lowest BCUT2D eigenvalue weighted by Crippen LogP contribution is -2.45. The molecule has 2 aliphatic heterocycles. The summed E-state index contributed by atoms with van der Waals surface area (Å²) in [4.78, 5) is 2.69. The fourth-order valence-corrected chi connectivity index (χ4v) is 3.32. The number of hydrogen-bond acceptors (Lipinski definition) is 1. The first kappa shape index (κ1) is 9.46. The molecular formula is C13H20N2. The minimum absolute atomic E-state index is 0.323. The van der Waals surface area contributed by atoms with E-state index in [0.29, 0.717) is 5.54 Å². The second-order valence-electron chi connectivity index (χ2n) is 6.00. The molecule has 1 saturated heterocycles. The predicted molar refractivity (Wildman–Crippen MR) is 62.0 cm³/mol. The van der Waals surface area contributed by atoms with Crippen LogP contribution in [-0.4, -0.2) is 27.6 Å². The van der Waals surface area contributed by atoms with Crippen LogP contribution in [0.4, 0.5) is 0 Å². The molecule has 0 radical (unpaired) electrons. The topological polar surface area (TPSA) is 8.17 Å². The van der Waals surface area contributed by atoms with Gasteiger partial charge in [-0.2, -0.15) is 0 Å². The van der Waals surface area contributed by atoms with E-state index in [-0.39, 0.29) is 0 Å². The standard InChI is InChI=1S/C13H20N2/c1-13(2,3)15-8-10-7-11(15)9-14-6-4-5-12(10)14/h4-6,10-11H,7-9H2,1-3H3. The Kier molecular flexibility index (Phi) is 1.82. The van der Waals surface area contributed by atoms with E-state index in [9.17, 15) is 0 Å². The molecule has 2 unspecified atom stereocenters. The molecule has 2 aliphatic rings. The first-order valence-corrected chi connectivity index (χ1v) is 5.97. The fourth-order valence-electron chi connectivity index (χ4n) is 3.32. The maximum atomic E-state index is 2.69. The fraction of sp³-hybridized carbons (Fsp3) is 0.692. The molecule has 0 amide bonds. The minimum Gasteiger partial charge on any atom is -0.350 e. The lowest BCUT2D eigenvalue weighted by Gasteiger charge is -2.36. The van der Waals surface area contributed by atoms with Crippen LogP contribution < -0.4 is 0 Å². The molecule has 2 heteroatoms. The van der Waals surface area contributed by atoms with Crippen LogP contribution in [0.3, 0.4) is 0 Å². The molecule has 2 nitrogen and oxygen atoms in total. The summed E-state index contributed by atoms with van der Waals surface area (Å²) >= 11 is 0. The van der Waals surface area contributed by atoms with Gasteiger partial charge in [0.25, 0.3) is 0 Å². The van der Waals surface area contributed by atoms with Crippen molar-refractivity contribution in [3.05, 3.63) is 24.0 Å². The number of aromatic nitrogens is 1. The zero-order valence-electron chi connectivity index (χ0n) is 9.90. The second kappa shape index (κ2) is 2.88. The Labute approximate surface area is 91.9 Å². The zero-order chi connectivity index (χ0) is 10.6. The Morgan fingerprint density at radius 2 is 2.07 bits per heavy atom. The number of nitrogens with zero attached hydrogens (tertiary/aromatic N) is 2. The van der Waals surface area contributed by atoms with Crippen molar-refractivity contribution in [2.24, 2.45) is 0 Å². The predicted octanol–water partition coefficient (Wildman–Crippen LogP) is 2.46. The molecule has 2 bridgehead atoms. The monoisotopic (exact) mass is 204 g/mol. The maximum Gasteiger partial charge on any atom is 0.0379 e. The van der Waals surface area contributed by atoms with Gasteiger partial charge in [-0.15, -0.1) is 0 Å². The summed E-state index contributed by atoms with van der Waals surface area (Å²) in [5, 5.41) is 0. The van der Waals surface area contributed by atoms with Crippen molar-refractivity contribution >= 4 is 0 Å². The summed E-state index contributed by atoms with van der Waals surface area (Å²) in [6.45, 7) is 9.45. The van der Waals surface area contributed by atoms with Gasteiger partial charge in [0.15, 0.2) is 0 Å². The van der Waals surface area contributed by atoms with Gasteiger partial charge in [-0.25, -0.2) is 0 Å². The van der Waals surface area contributed by atoms with Gasteiger partial charge in [-0.1, -0.05) is 0 Å². The SMILES string of the molecule is CC(C)(C)N1CC2CC1Cn1cccc12.